The van der Waals surface area contributed by atoms with E-state index in [4.69, 9.17) is 0 Å². The molecule has 1 atom stereocenters. The number of carboxylic acids is 1. The second-order valence-electron chi connectivity index (χ2n) is 5.78. The van der Waals surface area contributed by atoms with E-state index in [-0.39, 0.29) is 5.69 Å². The van der Waals surface area contributed by atoms with E-state index in [1.54, 1.807) is 12.1 Å². The fourth-order valence-corrected chi connectivity index (χ4v) is 4.39. The smallest absolute Gasteiger partial charge is 0.312 e. The third-order valence-electron chi connectivity index (χ3n) is 4.33. The van der Waals surface area contributed by atoms with E-state index in [1.807, 2.05) is 10.6 Å². The quantitative estimate of drug-likeness (QED) is 0.580. The van der Waals surface area contributed by atoms with Gasteiger partial charge in [0.25, 0.3) is 5.69 Å². The first-order valence-electron chi connectivity index (χ1n) is 7.53. The Morgan fingerprint density at radius 1 is 1.38 bits per heavy atom. The minimum absolute atomic E-state index is 0.0306. The zero-order chi connectivity index (χ0) is 16.8. The maximum Gasteiger partial charge on any atom is 0.312 e. The summed E-state index contributed by atoms with van der Waals surface area (Å²) in [6.07, 6.45) is 4.23. The number of hydrogen-bond acceptors (Lipinski definition) is 5. The van der Waals surface area contributed by atoms with Crippen molar-refractivity contribution in [2.24, 2.45) is 0 Å². The molecule has 0 spiro atoms. The summed E-state index contributed by atoms with van der Waals surface area (Å²) in [7, 11) is 0. The van der Waals surface area contributed by atoms with Crippen LogP contribution in [-0.4, -0.2) is 25.4 Å². The van der Waals surface area contributed by atoms with Crippen molar-refractivity contribution in [3.63, 3.8) is 0 Å². The van der Waals surface area contributed by atoms with Gasteiger partial charge in [0, 0.05) is 28.8 Å². The molecule has 1 unspecified atom stereocenters. The number of nitrogens with zero attached hydrogens (tertiary/aromatic N) is 3. The van der Waals surface area contributed by atoms with E-state index < -0.39 is 16.8 Å². The number of fused-ring (bicyclic) bond motifs is 3. The van der Waals surface area contributed by atoms with Crippen molar-refractivity contribution in [1.82, 2.24) is 9.38 Å². The van der Waals surface area contributed by atoms with E-state index in [0.29, 0.717) is 12.1 Å². The molecule has 3 aromatic rings. The fourth-order valence-electron chi connectivity index (χ4n) is 3.18. The summed E-state index contributed by atoms with van der Waals surface area (Å²) in [6, 6.07) is 6.20. The molecule has 0 fully saturated rings. The van der Waals surface area contributed by atoms with Crippen molar-refractivity contribution in [3.05, 3.63) is 51.1 Å². The normalized spacial score (nSPS) is 16.9. The number of nitro benzene ring substituents is 1. The van der Waals surface area contributed by atoms with E-state index in [1.165, 1.54) is 23.5 Å². The summed E-state index contributed by atoms with van der Waals surface area (Å²) >= 11 is 1.52. The monoisotopic (exact) mass is 343 g/mol. The fraction of sp³-hybridized carbons (Fsp3) is 0.250. The van der Waals surface area contributed by atoms with Gasteiger partial charge in [-0.25, -0.2) is 4.98 Å². The lowest BCUT2D eigenvalue weighted by molar-refractivity contribution is -0.384. The van der Waals surface area contributed by atoms with Crippen LogP contribution in [0.15, 0.2) is 30.5 Å². The standard InChI is InChI=1S/C16H13N3O4S/c20-15(21)11-2-1-3-13-14(11)18-8-12(17-16(18)24-13)9-4-6-10(7-5-9)19(22)23/h4-8,11H,1-3H2,(H,20,21). The van der Waals surface area contributed by atoms with E-state index in [2.05, 4.69) is 4.98 Å². The molecule has 2 heterocycles. The number of carbonyl (C=O) groups is 1. The number of benzene rings is 1. The van der Waals surface area contributed by atoms with Crippen LogP contribution in [0.4, 0.5) is 5.69 Å². The first-order valence-corrected chi connectivity index (χ1v) is 8.34. The van der Waals surface area contributed by atoms with Crippen molar-refractivity contribution in [2.45, 2.75) is 25.2 Å². The molecule has 0 aliphatic heterocycles. The number of nitro groups is 1. The average Bonchev–Trinajstić information content (AvgIpc) is 3.12. The lowest BCUT2D eigenvalue weighted by Gasteiger charge is -2.18. The summed E-state index contributed by atoms with van der Waals surface area (Å²) in [5.41, 5.74) is 2.32. The second-order valence-corrected chi connectivity index (χ2v) is 6.84. The van der Waals surface area contributed by atoms with Crippen LogP contribution in [0.1, 0.15) is 29.3 Å². The second kappa shape index (κ2) is 5.41. The molecule has 0 saturated carbocycles. The average molecular weight is 343 g/mol. The van der Waals surface area contributed by atoms with Gasteiger partial charge in [-0.05, 0) is 31.4 Å². The molecule has 2 aromatic heterocycles. The molecule has 122 valence electrons. The van der Waals surface area contributed by atoms with Gasteiger partial charge < -0.3 is 5.11 Å². The summed E-state index contributed by atoms with van der Waals surface area (Å²) in [5.74, 6) is -1.30. The van der Waals surface area contributed by atoms with Gasteiger partial charge in [-0.3, -0.25) is 19.3 Å². The SMILES string of the molecule is O=C(O)C1CCCc2sc3nc(-c4ccc([N+](=O)[O-])cc4)cn3c21. The van der Waals surface area contributed by atoms with Crippen molar-refractivity contribution >= 4 is 28.0 Å². The van der Waals surface area contributed by atoms with E-state index in [0.717, 1.165) is 33.9 Å². The van der Waals surface area contributed by atoms with Crippen molar-refractivity contribution < 1.29 is 14.8 Å². The molecule has 1 aliphatic rings. The molecule has 1 aromatic carbocycles. The minimum atomic E-state index is -0.804. The molecular formula is C16H13N3O4S. The van der Waals surface area contributed by atoms with Crippen molar-refractivity contribution in [3.8, 4) is 11.3 Å². The summed E-state index contributed by atoms with van der Waals surface area (Å²) < 4.78 is 1.87. The highest BCUT2D eigenvalue weighted by atomic mass is 32.1. The molecule has 0 bridgehead atoms. The third kappa shape index (κ3) is 2.26. The highest BCUT2D eigenvalue weighted by Gasteiger charge is 2.31. The van der Waals surface area contributed by atoms with Crippen LogP contribution in [0.2, 0.25) is 0 Å². The highest BCUT2D eigenvalue weighted by molar-refractivity contribution is 7.17. The Kier molecular flexibility index (Phi) is 3.34. The number of aliphatic carboxylic acids is 1. The number of thiazole rings is 1. The van der Waals surface area contributed by atoms with Gasteiger partial charge >= 0.3 is 5.97 Å². The summed E-state index contributed by atoms with van der Waals surface area (Å²) in [6.45, 7) is 0. The van der Waals surface area contributed by atoms with Crippen molar-refractivity contribution in [1.29, 1.82) is 0 Å². The molecule has 0 saturated heterocycles. The molecule has 1 aliphatic carbocycles. The molecule has 0 radical (unpaired) electrons. The van der Waals surface area contributed by atoms with Crippen molar-refractivity contribution in [2.75, 3.05) is 0 Å². The molecule has 7 nitrogen and oxygen atoms in total. The third-order valence-corrected chi connectivity index (χ3v) is 5.46. The predicted molar refractivity (Wildman–Crippen MR) is 88.5 cm³/mol. The van der Waals surface area contributed by atoms with Crippen LogP contribution in [0.5, 0.6) is 0 Å². The lowest BCUT2D eigenvalue weighted by atomic mass is 9.91. The lowest BCUT2D eigenvalue weighted by Crippen LogP contribution is -2.18. The number of aryl methyl sites for hydroxylation is 1. The first-order chi connectivity index (χ1) is 11.5. The zero-order valence-corrected chi connectivity index (χ0v) is 13.3. The largest absolute Gasteiger partial charge is 0.481 e. The Bertz CT molecular complexity index is 958. The molecular weight excluding hydrogens is 330 g/mol. The van der Waals surface area contributed by atoms with Gasteiger partial charge in [0.1, 0.15) is 0 Å². The summed E-state index contributed by atoms with van der Waals surface area (Å²) in [4.78, 5) is 28.3. The molecule has 0 amide bonds. The molecule has 4 rings (SSSR count). The van der Waals surface area contributed by atoms with Crippen LogP contribution in [0.3, 0.4) is 0 Å². The Morgan fingerprint density at radius 3 is 2.79 bits per heavy atom. The number of carboxylic acid groups (broad SMARTS) is 1. The van der Waals surface area contributed by atoms with Gasteiger partial charge in [-0.1, -0.05) is 0 Å². The van der Waals surface area contributed by atoms with Gasteiger partial charge in [0.15, 0.2) is 4.96 Å². The Morgan fingerprint density at radius 2 is 2.12 bits per heavy atom. The molecule has 8 heteroatoms. The van der Waals surface area contributed by atoms with Crippen LogP contribution in [-0.2, 0) is 11.2 Å². The topological polar surface area (TPSA) is 97.7 Å². The van der Waals surface area contributed by atoms with Gasteiger partial charge in [-0.2, -0.15) is 0 Å². The maximum atomic E-state index is 11.5. The van der Waals surface area contributed by atoms with Crippen LogP contribution >= 0.6 is 11.3 Å². The van der Waals surface area contributed by atoms with Crippen LogP contribution < -0.4 is 0 Å². The Hall–Kier alpha value is -2.74. The summed E-state index contributed by atoms with van der Waals surface area (Å²) in [5, 5.41) is 20.2. The maximum absolute atomic E-state index is 11.5. The number of imidazole rings is 1. The number of rotatable bonds is 3. The van der Waals surface area contributed by atoms with Gasteiger partial charge in [0.2, 0.25) is 0 Å². The highest BCUT2D eigenvalue weighted by Crippen LogP contribution is 2.38. The Balaban J connectivity index is 1.79. The number of aromatic nitrogens is 2. The first kappa shape index (κ1) is 14.8. The predicted octanol–water partition coefficient (Wildman–Crippen LogP) is 3.48. The minimum Gasteiger partial charge on any atom is -0.481 e. The number of non-ortho nitro benzene ring substituents is 1. The molecule has 1 N–H and O–H groups in total. The Labute approximate surface area is 140 Å². The van der Waals surface area contributed by atoms with Crippen LogP contribution in [0.25, 0.3) is 16.2 Å². The van der Waals surface area contributed by atoms with E-state index in [9.17, 15) is 20.0 Å². The van der Waals surface area contributed by atoms with Crippen LogP contribution in [0, 0.1) is 10.1 Å². The molecule has 24 heavy (non-hydrogen) atoms. The zero-order valence-electron chi connectivity index (χ0n) is 12.5. The number of hydrogen-bond donors (Lipinski definition) is 1. The van der Waals surface area contributed by atoms with Gasteiger partial charge in [0.05, 0.1) is 22.2 Å². The van der Waals surface area contributed by atoms with E-state index >= 15 is 0 Å². The van der Waals surface area contributed by atoms with Gasteiger partial charge in [-0.15, -0.1) is 11.3 Å².